The molecule has 2 fully saturated rings. The van der Waals surface area contributed by atoms with Crippen molar-refractivity contribution in [1.82, 2.24) is 9.80 Å². The average Bonchev–Trinajstić information content (AvgIpc) is 3.18. The van der Waals surface area contributed by atoms with Crippen LogP contribution in [0.15, 0.2) is 48.5 Å². The highest BCUT2D eigenvalue weighted by Crippen LogP contribution is 2.40. The van der Waals surface area contributed by atoms with E-state index in [1.54, 1.807) is 17.0 Å². The predicted octanol–water partition coefficient (Wildman–Crippen LogP) is 3.85. The molecule has 31 heavy (non-hydrogen) atoms. The first-order valence-corrected chi connectivity index (χ1v) is 10.8. The minimum atomic E-state index is -0.851. The van der Waals surface area contributed by atoms with Gasteiger partial charge in [-0.2, -0.15) is 0 Å². The number of amides is 1. The Bertz CT molecular complexity index is 909. The molecule has 2 aliphatic heterocycles. The summed E-state index contributed by atoms with van der Waals surface area (Å²) in [5.74, 6) is -0.334. The first-order valence-electron chi connectivity index (χ1n) is 10.8. The Kier molecular flexibility index (Phi) is 6.33. The van der Waals surface area contributed by atoms with E-state index in [2.05, 4.69) is 4.90 Å². The minimum absolute atomic E-state index is 0.162. The third-order valence-corrected chi connectivity index (χ3v) is 6.58. The Morgan fingerprint density at radius 3 is 2.48 bits per heavy atom. The quantitative estimate of drug-likeness (QED) is 0.661. The average molecular weight is 424 g/mol. The van der Waals surface area contributed by atoms with Crippen LogP contribution in [0, 0.1) is 5.82 Å². The van der Waals surface area contributed by atoms with Crippen molar-refractivity contribution in [2.75, 3.05) is 26.2 Å². The van der Waals surface area contributed by atoms with Gasteiger partial charge in [-0.15, -0.1) is 0 Å². The van der Waals surface area contributed by atoms with E-state index < -0.39 is 17.9 Å². The molecule has 0 saturated carbocycles. The molecule has 7 heteroatoms. The maximum Gasteiger partial charge on any atom is 0.411 e. The standard InChI is InChI=1S/C24H27BF2N2O2/c1-17(18-2-6-20(25)7-3-18)29-15-12-24(31-23(29)30,19-4-8-21(26)9-5-19)11-14-28-13-10-22(27)16-28/h2-9,17,22H,10-16H2,1H3/t17-,22-,24+/m0/s1. The van der Waals surface area contributed by atoms with Gasteiger partial charge >= 0.3 is 6.09 Å². The van der Waals surface area contributed by atoms with Crippen LogP contribution in [0.2, 0.25) is 0 Å². The maximum absolute atomic E-state index is 13.6. The lowest BCUT2D eigenvalue weighted by Gasteiger charge is -2.44. The van der Waals surface area contributed by atoms with Crippen LogP contribution < -0.4 is 5.46 Å². The van der Waals surface area contributed by atoms with Crippen molar-refractivity contribution in [3.8, 4) is 0 Å². The van der Waals surface area contributed by atoms with Gasteiger partial charge < -0.3 is 14.5 Å². The second-order valence-electron chi connectivity index (χ2n) is 8.59. The zero-order valence-corrected chi connectivity index (χ0v) is 17.8. The summed E-state index contributed by atoms with van der Waals surface area (Å²) in [5, 5.41) is 0. The van der Waals surface area contributed by atoms with E-state index in [1.807, 2.05) is 31.2 Å². The zero-order chi connectivity index (χ0) is 22.0. The van der Waals surface area contributed by atoms with Crippen LogP contribution in [0.25, 0.3) is 0 Å². The van der Waals surface area contributed by atoms with Gasteiger partial charge in [0.05, 0.1) is 6.04 Å². The fourth-order valence-corrected chi connectivity index (χ4v) is 4.58. The molecular formula is C24H27BF2N2O2. The fourth-order valence-electron chi connectivity index (χ4n) is 4.58. The lowest BCUT2D eigenvalue weighted by atomic mass is 9.85. The summed E-state index contributed by atoms with van der Waals surface area (Å²) >= 11 is 0. The van der Waals surface area contributed by atoms with Gasteiger partial charge in [-0.1, -0.05) is 41.9 Å². The minimum Gasteiger partial charge on any atom is -0.438 e. The first kappa shape index (κ1) is 21.8. The van der Waals surface area contributed by atoms with Crippen molar-refractivity contribution in [2.24, 2.45) is 0 Å². The van der Waals surface area contributed by atoms with E-state index in [-0.39, 0.29) is 11.9 Å². The number of rotatable bonds is 6. The number of nitrogens with zero attached hydrogens (tertiary/aromatic N) is 2. The fraction of sp³-hybridized carbons (Fsp3) is 0.458. The molecule has 2 saturated heterocycles. The third kappa shape index (κ3) is 4.76. The molecule has 3 atom stereocenters. The zero-order valence-electron chi connectivity index (χ0n) is 17.8. The Morgan fingerprint density at radius 2 is 1.87 bits per heavy atom. The Balaban J connectivity index is 1.53. The summed E-state index contributed by atoms with van der Waals surface area (Å²) < 4.78 is 33.2. The van der Waals surface area contributed by atoms with Gasteiger partial charge in [0.25, 0.3) is 0 Å². The molecule has 162 valence electrons. The van der Waals surface area contributed by atoms with Gasteiger partial charge in [-0.3, -0.25) is 0 Å². The van der Waals surface area contributed by atoms with Crippen LogP contribution in [-0.4, -0.2) is 56.1 Å². The van der Waals surface area contributed by atoms with Gasteiger partial charge in [0.2, 0.25) is 0 Å². The van der Waals surface area contributed by atoms with Gasteiger partial charge in [0.1, 0.15) is 25.4 Å². The molecule has 0 aliphatic carbocycles. The lowest BCUT2D eigenvalue weighted by Crippen LogP contribution is -2.49. The van der Waals surface area contributed by atoms with Crippen molar-refractivity contribution in [2.45, 2.75) is 44.0 Å². The summed E-state index contributed by atoms with van der Waals surface area (Å²) in [6.07, 6.45) is 0.463. The molecule has 2 aromatic carbocycles. The van der Waals surface area contributed by atoms with E-state index in [0.717, 1.165) is 11.1 Å². The highest BCUT2D eigenvalue weighted by molar-refractivity contribution is 6.32. The molecule has 2 radical (unpaired) electrons. The molecule has 2 aliphatic rings. The van der Waals surface area contributed by atoms with Crippen LogP contribution in [0.3, 0.4) is 0 Å². The molecule has 4 nitrogen and oxygen atoms in total. The number of hydrogen-bond donors (Lipinski definition) is 0. The molecule has 0 bridgehead atoms. The molecule has 2 aromatic rings. The smallest absolute Gasteiger partial charge is 0.411 e. The van der Waals surface area contributed by atoms with Gasteiger partial charge in [-0.05, 0) is 36.6 Å². The van der Waals surface area contributed by atoms with Crippen LogP contribution in [0.4, 0.5) is 13.6 Å². The van der Waals surface area contributed by atoms with E-state index in [0.29, 0.717) is 50.9 Å². The van der Waals surface area contributed by atoms with E-state index in [1.165, 1.54) is 12.1 Å². The SMILES string of the molecule is [B]c1ccc([C@H](C)N2CC[C@](CCN3CC[C@H](F)C3)(c3ccc(F)cc3)OC2=O)cc1. The van der Waals surface area contributed by atoms with Gasteiger partial charge in [-0.25, -0.2) is 13.6 Å². The molecule has 0 N–H and O–H groups in total. The normalized spacial score (nSPS) is 25.5. The van der Waals surface area contributed by atoms with Gasteiger partial charge in [0.15, 0.2) is 0 Å². The number of carbonyl (C=O) groups excluding carboxylic acids is 1. The number of hydrogen-bond acceptors (Lipinski definition) is 3. The lowest BCUT2D eigenvalue weighted by molar-refractivity contribution is -0.0687. The van der Waals surface area contributed by atoms with Crippen LogP contribution in [0.1, 0.15) is 43.4 Å². The van der Waals surface area contributed by atoms with Crippen LogP contribution in [-0.2, 0) is 10.3 Å². The summed E-state index contributed by atoms with van der Waals surface area (Å²) in [6, 6.07) is 13.4. The topological polar surface area (TPSA) is 32.8 Å². The number of likely N-dealkylation sites (tertiary alicyclic amines) is 1. The van der Waals surface area contributed by atoms with Crippen molar-refractivity contribution in [3.63, 3.8) is 0 Å². The Morgan fingerprint density at radius 1 is 1.16 bits per heavy atom. The number of ether oxygens (including phenoxy) is 1. The molecule has 0 unspecified atom stereocenters. The molecule has 0 spiro atoms. The van der Waals surface area contributed by atoms with Gasteiger partial charge in [0, 0.05) is 39.0 Å². The molecule has 4 rings (SSSR count). The third-order valence-electron chi connectivity index (χ3n) is 6.58. The molecule has 1 amide bonds. The van der Waals surface area contributed by atoms with Crippen molar-refractivity contribution < 1.29 is 18.3 Å². The van der Waals surface area contributed by atoms with Crippen LogP contribution >= 0.6 is 0 Å². The molecule has 2 heterocycles. The number of carbonyl (C=O) groups is 1. The van der Waals surface area contributed by atoms with E-state index in [9.17, 15) is 13.6 Å². The summed E-state index contributed by atoms with van der Waals surface area (Å²) in [5.41, 5.74) is 1.57. The van der Waals surface area contributed by atoms with Crippen molar-refractivity contribution >= 4 is 19.4 Å². The largest absolute Gasteiger partial charge is 0.438 e. The second-order valence-corrected chi connectivity index (χ2v) is 8.59. The Hall–Kier alpha value is -2.41. The molecule has 0 aromatic heterocycles. The number of cyclic esters (lactones) is 1. The van der Waals surface area contributed by atoms with Crippen molar-refractivity contribution in [1.29, 1.82) is 0 Å². The first-order chi connectivity index (χ1) is 14.9. The van der Waals surface area contributed by atoms with Crippen molar-refractivity contribution in [3.05, 3.63) is 65.5 Å². The summed E-state index contributed by atoms with van der Waals surface area (Å²) in [4.78, 5) is 16.9. The Labute approximate surface area is 183 Å². The number of benzene rings is 2. The number of halogens is 2. The maximum atomic E-state index is 13.6. The van der Waals surface area contributed by atoms with Crippen LogP contribution in [0.5, 0.6) is 0 Å². The highest BCUT2D eigenvalue weighted by Gasteiger charge is 2.44. The second kappa shape index (κ2) is 8.99. The highest BCUT2D eigenvalue weighted by atomic mass is 19.1. The number of alkyl halides is 1. The van der Waals surface area contributed by atoms with E-state index in [4.69, 9.17) is 12.6 Å². The predicted molar refractivity (Wildman–Crippen MR) is 117 cm³/mol. The van der Waals surface area contributed by atoms with E-state index >= 15 is 0 Å². The molecular weight excluding hydrogens is 397 g/mol. The summed E-state index contributed by atoms with van der Waals surface area (Å²) in [6.45, 7) is 4.21. The monoisotopic (exact) mass is 424 g/mol. The summed E-state index contributed by atoms with van der Waals surface area (Å²) in [7, 11) is 5.78.